The second-order valence-corrected chi connectivity index (χ2v) is 4.07. The van der Waals surface area contributed by atoms with Gasteiger partial charge in [-0.05, 0) is 31.3 Å². The minimum absolute atomic E-state index is 0.0414. The SMILES string of the molecule is CNCC1OCCN(c2ccc(C#N)cc2)C1=O. The molecule has 5 heteroatoms. The van der Waals surface area contributed by atoms with E-state index >= 15 is 0 Å². The second kappa shape index (κ2) is 5.63. The van der Waals surface area contributed by atoms with Crippen LogP contribution < -0.4 is 10.2 Å². The molecule has 5 nitrogen and oxygen atoms in total. The van der Waals surface area contributed by atoms with Crippen LogP contribution in [0.3, 0.4) is 0 Å². The van der Waals surface area contributed by atoms with Crippen molar-refractivity contribution in [3.63, 3.8) is 0 Å². The molecule has 18 heavy (non-hydrogen) atoms. The molecule has 1 unspecified atom stereocenters. The summed E-state index contributed by atoms with van der Waals surface area (Å²) in [4.78, 5) is 13.9. The lowest BCUT2D eigenvalue weighted by atomic mass is 10.1. The van der Waals surface area contributed by atoms with E-state index in [0.29, 0.717) is 25.3 Å². The van der Waals surface area contributed by atoms with Gasteiger partial charge in [-0.2, -0.15) is 5.26 Å². The summed E-state index contributed by atoms with van der Waals surface area (Å²) in [5, 5.41) is 11.7. The predicted molar refractivity (Wildman–Crippen MR) is 67.2 cm³/mol. The fraction of sp³-hybridized carbons (Fsp3) is 0.385. The molecule has 2 rings (SSSR count). The third kappa shape index (κ3) is 2.50. The van der Waals surface area contributed by atoms with Crippen LogP contribution in [0, 0.1) is 11.3 Å². The Morgan fingerprint density at radius 2 is 2.22 bits per heavy atom. The molecule has 0 spiro atoms. The molecular weight excluding hydrogens is 230 g/mol. The normalized spacial score (nSPS) is 19.7. The summed E-state index contributed by atoms with van der Waals surface area (Å²) in [6.07, 6.45) is -0.431. The van der Waals surface area contributed by atoms with Crippen LogP contribution in [0.2, 0.25) is 0 Å². The highest BCUT2D eigenvalue weighted by Gasteiger charge is 2.29. The smallest absolute Gasteiger partial charge is 0.257 e. The lowest BCUT2D eigenvalue weighted by Crippen LogP contribution is -2.51. The fourth-order valence-corrected chi connectivity index (χ4v) is 1.95. The van der Waals surface area contributed by atoms with E-state index < -0.39 is 6.10 Å². The monoisotopic (exact) mass is 245 g/mol. The van der Waals surface area contributed by atoms with Crippen LogP contribution in [0.25, 0.3) is 0 Å². The molecule has 1 saturated heterocycles. The predicted octanol–water partition coefficient (Wildman–Crippen LogP) is 0.509. The number of likely N-dealkylation sites (N-methyl/N-ethyl adjacent to an activating group) is 1. The summed E-state index contributed by atoms with van der Waals surface area (Å²) in [6, 6.07) is 9.07. The number of anilines is 1. The van der Waals surface area contributed by atoms with E-state index in [1.54, 1.807) is 36.2 Å². The molecule has 0 bridgehead atoms. The molecule has 1 N–H and O–H groups in total. The maximum absolute atomic E-state index is 12.2. The fourth-order valence-electron chi connectivity index (χ4n) is 1.95. The van der Waals surface area contributed by atoms with Crippen LogP contribution in [-0.4, -0.2) is 38.8 Å². The van der Waals surface area contributed by atoms with E-state index in [0.717, 1.165) is 5.69 Å². The number of benzene rings is 1. The van der Waals surface area contributed by atoms with Crippen molar-refractivity contribution in [3.8, 4) is 6.07 Å². The molecule has 1 heterocycles. The zero-order valence-corrected chi connectivity index (χ0v) is 10.2. The number of rotatable bonds is 3. The number of nitriles is 1. The van der Waals surface area contributed by atoms with Crippen LogP contribution >= 0.6 is 0 Å². The lowest BCUT2D eigenvalue weighted by molar-refractivity contribution is -0.133. The van der Waals surface area contributed by atoms with Gasteiger partial charge >= 0.3 is 0 Å². The molecule has 1 aliphatic heterocycles. The molecule has 94 valence electrons. The minimum atomic E-state index is -0.431. The summed E-state index contributed by atoms with van der Waals surface area (Å²) in [7, 11) is 1.79. The van der Waals surface area contributed by atoms with Gasteiger partial charge in [-0.1, -0.05) is 0 Å². The van der Waals surface area contributed by atoms with Crippen molar-refractivity contribution in [2.75, 3.05) is 31.6 Å². The van der Waals surface area contributed by atoms with E-state index in [2.05, 4.69) is 11.4 Å². The molecule has 1 fully saturated rings. The highest BCUT2D eigenvalue weighted by molar-refractivity contribution is 5.97. The quantitative estimate of drug-likeness (QED) is 0.842. The van der Waals surface area contributed by atoms with E-state index in [9.17, 15) is 4.79 Å². The third-order valence-corrected chi connectivity index (χ3v) is 2.87. The Morgan fingerprint density at radius 3 is 2.83 bits per heavy atom. The lowest BCUT2D eigenvalue weighted by Gasteiger charge is -2.32. The van der Waals surface area contributed by atoms with Gasteiger partial charge in [0.15, 0.2) is 0 Å². The first-order valence-electron chi connectivity index (χ1n) is 5.84. The van der Waals surface area contributed by atoms with Gasteiger partial charge in [-0.15, -0.1) is 0 Å². The standard InChI is InChI=1S/C13H15N3O2/c1-15-9-12-13(17)16(6-7-18-12)11-4-2-10(8-14)3-5-11/h2-5,12,15H,6-7,9H2,1H3. The van der Waals surface area contributed by atoms with Crippen molar-refractivity contribution < 1.29 is 9.53 Å². The van der Waals surface area contributed by atoms with Gasteiger partial charge in [0.25, 0.3) is 5.91 Å². The van der Waals surface area contributed by atoms with Crippen LogP contribution in [0.1, 0.15) is 5.56 Å². The molecular formula is C13H15N3O2. The van der Waals surface area contributed by atoms with E-state index in [1.807, 2.05) is 0 Å². The minimum Gasteiger partial charge on any atom is -0.365 e. The summed E-state index contributed by atoms with van der Waals surface area (Å²) in [5.74, 6) is -0.0414. The van der Waals surface area contributed by atoms with E-state index in [1.165, 1.54) is 0 Å². The number of nitrogens with one attached hydrogen (secondary N) is 1. The summed E-state index contributed by atoms with van der Waals surface area (Å²) in [6.45, 7) is 1.58. The first-order chi connectivity index (χ1) is 8.76. The van der Waals surface area contributed by atoms with Crippen molar-refractivity contribution in [1.82, 2.24) is 5.32 Å². The Balaban J connectivity index is 2.16. The number of hydrogen-bond acceptors (Lipinski definition) is 4. The average molecular weight is 245 g/mol. The van der Waals surface area contributed by atoms with E-state index in [4.69, 9.17) is 10.00 Å². The Hall–Kier alpha value is -1.90. The first-order valence-corrected chi connectivity index (χ1v) is 5.84. The Labute approximate surface area is 106 Å². The summed E-state index contributed by atoms with van der Waals surface area (Å²) >= 11 is 0. The van der Waals surface area contributed by atoms with Crippen LogP contribution in [0.4, 0.5) is 5.69 Å². The summed E-state index contributed by atoms with van der Waals surface area (Å²) < 4.78 is 5.42. The Morgan fingerprint density at radius 1 is 1.50 bits per heavy atom. The largest absolute Gasteiger partial charge is 0.365 e. The number of hydrogen-bond donors (Lipinski definition) is 1. The number of ether oxygens (including phenoxy) is 1. The van der Waals surface area contributed by atoms with Crippen molar-refractivity contribution in [2.45, 2.75) is 6.10 Å². The molecule has 0 aliphatic carbocycles. The Bertz CT molecular complexity index is 462. The number of amides is 1. The number of nitrogens with zero attached hydrogens (tertiary/aromatic N) is 2. The van der Waals surface area contributed by atoms with Gasteiger partial charge in [-0.3, -0.25) is 4.79 Å². The van der Waals surface area contributed by atoms with Crippen LogP contribution in [-0.2, 0) is 9.53 Å². The van der Waals surface area contributed by atoms with Gasteiger partial charge in [-0.25, -0.2) is 0 Å². The van der Waals surface area contributed by atoms with Crippen molar-refractivity contribution in [1.29, 1.82) is 5.26 Å². The number of carbonyl (C=O) groups is 1. The molecule has 1 aromatic carbocycles. The van der Waals surface area contributed by atoms with E-state index in [-0.39, 0.29) is 5.91 Å². The van der Waals surface area contributed by atoms with Crippen molar-refractivity contribution in [2.24, 2.45) is 0 Å². The number of morpholine rings is 1. The van der Waals surface area contributed by atoms with Gasteiger partial charge in [0.05, 0.1) is 18.2 Å². The molecule has 1 aromatic rings. The zero-order valence-electron chi connectivity index (χ0n) is 10.2. The van der Waals surface area contributed by atoms with Gasteiger partial charge in [0, 0.05) is 18.8 Å². The summed E-state index contributed by atoms with van der Waals surface area (Å²) in [5.41, 5.74) is 1.40. The average Bonchev–Trinajstić information content (AvgIpc) is 2.42. The van der Waals surface area contributed by atoms with Crippen molar-refractivity contribution in [3.05, 3.63) is 29.8 Å². The molecule has 1 amide bonds. The number of carbonyl (C=O) groups excluding carboxylic acids is 1. The molecule has 1 atom stereocenters. The molecule has 0 aromatic heterocycles. The molecule has 1 aliphatic rings. The molecule has 0 saturated carbocycles. The maximum Gasteiger partial charge on any atom is 0.257 e. The Kier molecular flexibility index (Phi) is 3.92. The zero-order chi connectivity index (χ0) is 13.0. The topological polar surface area (TPSA) is 65.4 Å². The van der Waals surface area contributed by atoms with Crippen molar-refractivity contribution >= 4 is 11.6 Å². The van der Waals surface area contributed by atoms with Crippen LogP contribution in [0.5, 0.6) is 0 Å². The second-order valence-electron chi connectivity index (χ2n) is 4.07. The third-order valence-electron chi connectivity index (χ3n) is 2.87. The maximum atomic E-state index is 12.2. The van der Waals surface area contributed by atoms with Crippen LogP contribution in [0.15, 0.2) is 24.3 Å². The van der Waals surface area contributed by atoms with Gasteiger partial charge in [0.1, 0.15) is 6.10 Å². The highest BCUT2D eigenvalue weighted by atomic mass is 16.5. The van der Waals surface area contributed by atoms with Gasteiger partial charge < -0.3 is 15.0 Å². The first kappa shape index (κ1) is 12.6. The highest BCUT2D eigenvalue weighted by Crippen LogP contribution is 2.19. The van der Waals surface area contributed by atoms with Gasteiger partial charge in [0.2, 0.25) is 0 Å². The molecule has 0 radical (unpaired) electrons.